The van der Waals surface area contributed by atoms with Gasteiger partial charge in [0.05, 0.1) is 0 Å². The van der Waals surface area contributed by atoms with E-state index in [-0.39, 0.29) is 5.41 Å². The van der Waals surface area contributed by atoms with E-state index in [2.05, 4.69) is 47.9 Å². The standard InChI is InChI=1S/C15H28N4O/c1-7-8-16-12-11-13(20-10-9-19(5)6)18-14(17-12)15(2,3)4/h11H,7-10H2,1-6H3,(H,16,17,18). The Hall–Kier alpha value is -1.36. The molecule has 5 nitrogen and oxygen atoms in total. The maximum absolute atomic E-state index is 5.74. The number of ether oxygens (including phenoxy) is 1. The molecule has 0 spiro atoms. The lowest BCUT2D eigenvalue weighted by atomic mass is 9.96. The summed E-state index contributed by atoms with van der Waals surface area (Å²) in [5.74, 6) is 2.29. The van der Waals surface area contributed by atoms with Gasteiger partial charge >= 0.3 is 0 Å². The zero-order chi connectivity index (χ0) is 15.2. The molecule has 1 rings (SSSR count). The predicted octanol–water partition coefficient (Wildman–Crippen LogP) is 2.54. The van der Waals surface area contributed by atoms with Crippen molar-refractivity contribution in [3.05, 3.63) is 11.9 Å². The van der Waals surface area contributed by atoms with Gasteiger partial charge in [0.25, 0.3) is 0 Å². The molecule has 1 aromatic rings. The third-order valence-corrected chi connectivity index (χ3v) is 2.72. The molecule has 1 heterocycles. The fraction of sp³-hybridized carbons (Fsp3) is 0.733. The van der Waals surface area contributed by atoms with Crippen LogP contribution in [0.3, 0.4) is 0 Å². The van der Waals surface area contributed by atoms with Crippen molar-refractivity contribution in [3.8, 4) is 5.88 Å². The SMILES string of the molecule is CCCNc1cc(OCCN(C)C)nc(C(C)(C)C)n1. The van der Waals surface area contributed by atoms with Gasteiger partial charge in [-0.3, -0.25) is 0 Å². The topological polar surface area (TPSA) is 50.3 Å². The highest BCUT2D eigenvalue weighted by Gasteiger charge is 2.19. The number of hydrogen-bond donors (Lipinski definition) is 1. The van der Waals surface area contributed by atoms with Gasteiger partial charge in [0.2, 0.25) is 5.88 Å². The minimum absolute atomic E-state index is 0.0937. The third kappa shape index (κ3) is 5.74. The number of likely N-dealkylation sites (N-methyl/N-ethyl adjacent to an activating group) is 1. The highest BCUT2D eigenvalue weighted by Crippen LogP contribution is 2.23. The molecule has 20 heavy (non-hydrogen) atoms. The Morgan fingerprint density at radius 3 is 2.50 bits per heavy atom. The van der Waals surface area contributed by atoms with Crippen molar-refractivity contribution in [2.24, 2.45) is 0 Å². The summed E-state index contributed by atoms with van der Waals surface area (Å²) in [4.78, 5) is 11.2. The first kappa shape index (κ1) is 16.7. The van der Waals surface area contributed by atoms with Gasteiger partial charge in [-0.15, -0.1) is 0 Å². The van der Waals surface area contributed by atoms with Crippen LogP contribution in [0.5, 0.6) is 5.88 Å². The molecule has 114 valence electrons. The Balaban J connectivity index is 2.86. The van der Waals surface area contributed by atoms with Crippen LogP contribution in [-0.4, -0.2) is 48.7 Å². The minimum Gasteiger partial charge on any atom is -0.476 e. The number of anilines is 1. The molecule has 1 aromatic heterocycles. The first-order valence-electron chi connectivity index (χ1n) is 7.24. The van der Waals surface area contributed by atoms with Crippen molar-refractivity contribution >= 4 is 5.82 Å². The van der Waals surface area contributed by atoms with Crippen LogP contribution in [-0.2, 0) is 5.41 Å². The summed E-state index contributed by atoms with van der Waals surface area (Å²) < 4.78 is 5.74. The lowest BCUT2D eigenvalue weighted by Gasteiger charge is -2.19. The summed E-state index contributed by atoms with van der Waals surface area (Å²) in [7, 11) is 4.05. The largest absolute Gasteiger partial charge is 0.476 e. The highest BCUT2D eigenvalue weighted by molar-refractivity contribution is 5.39. The smallest absolute Gasteiger partial charge is 0.218 e. The zero-order valence-electron chi connectivity index (χ0n) is 13.7. The molecule has 0 unspecified atom stereocenters. The maximum Gasteiger partial charge on any atom is 0.218 e. The monoisotopic (exact) mass is 280 g/mol. The predicted molar refractivity (Wildman–Crippen MR) is 83.6 cm³/mol. The average molecular weight is 280 g/mol. The van der Waals surface area contributed by atoms with E-state index in [1.54, 1.807) is 0 Å². The first-order chi connectivity index (χ1) is 9.32. The van der Waals surface area contributed by atoms with Crippen molar-refractivity contribution < 1.29 is 4.74 Å². The van der Waals surface area contributed by atoms with Crippen molar-refractivity contribution in [2.45, 2.75) is 39.5 Å². The number of nitrogens with one attached hydrogen (secondary N) is 1. The van der Waals surface area contributed by atoms with Crippen LogP contribution in [0.1, 0.15) is 39.9 Å². The molecule has 0 aliphatic carbocycles. The van der Waals surface area contributed by atoms with Crippen molar-refractivity contribution in [1.29, 1.82) is 0 Å². The molecule has 0 aliphatic rings. The zero-order valence-corrected chi connectivity index (χ0v) is 13.7. The van der Waals surface area contributed by atoms with Crippen molar-refractivity contribution in [2.75, 3.05) is 39.1 Å². The molecule has 0 amide bonds. The van der Waals surface area contributed by atoms with E-state index in [0.29, 0.717) is 12.5 Å². The van der Waals surface area contributed by atoms with Gasteiger partial charge in [-0.05, 0) is 20.5 Å². The number of hydrogen-bond acceptors (Lipinski definition) is 5. The van der Waals surface area contributed by atoms with E-state index in [4.69, 9.17) is 4.74 Å². The fourth-order valence-corrected chi connectivity index (χ4v) is 1.51. The van der Waals surface area contributed by atoms with Gasteiger partial charge in [-0.2, -0.15) is 4.98 Å². The molecule has 5 heteroatoms. The van der Waals surface area contributed by atoms with Gasteiger partial charge in [0.1, 0.15) is 18.2 Å². The van der Waals surface area contributed by atoms with E-state index in [9.17, 15) is 0 Å². The average Bonchev–Trinajstić information content (AvgIpc) is 2.34. The maximum atomic E-state index is 5.74. The second kappa shape index (κ2) is 7.43. The second-order valence-corrected chi connectivity index (χ2v) is 6.24. The van der Waals surface area contributed by atoms with Crippen LogP contribution in [0.2, 0.25) is 0 Å². The molecular weight excluding hydrogens is 252 g/mol. The molecule has 0 aliphatic heterocycles. The van der Waals surface area contributed by atoms with Crippen molar-refractivity contribution in [3.63, 3.8) is 0 Å². The van der Waals surface area contributed by atoms with Crippen LogP contribution >= 0.6 is 0 Å². The van der Waals surface area contributed by atoms with Crippen LogP contribution in [0.25, 0.3) is 0 Å². The molecule has 0 atom stereocenters. The molecule has 0 bridgehead atoms. The van der Waals surface area contributed by atoms with Gasteiger partial charge in [0, 0.05) is 24.6 Å². The lowest BCUT2D eigenvalue weighted by molar-refractivity contribution is 0.252. The summed E-state index contributed by atoms with van der Waals surface area (Å²) in [5, 5.41) is 3.30. The van der Waals surface area contributed by atoms with E-state index >= 15 is 0 Å². The Labute approximate surface area is 122 Å². The van der Waals surface area contributed by atoms with Gasteiger partial charge in [-0.25, -0.2) is 4.98 Å². The summed E-state index contributed by atoms with van der Waals surface area (Å²) in [6, 6.07) is 1.88. The minimum atomic E-state index is -0.0937. The summed E-state index contributed by atoms with van der Waals surface area (Å²) in [5.41, 5.74) is -0.0937. The number of aromatic nitrogens is 2. The van der Waals surface area contributed by atoms with Gasteiger partial charge in [-0.1, -0.05) is 27.7 Å². The van der Waals surface area contributed by atoms with Crippen LogP contribution in [0.4, 0.5) is 5.82 Å². The lowest BCUT2D eigenvalue weighted by Crippen LogP contribution is -2.21. The molecule has 0 radical (unpaired) electrons. The van der Waals surface area contributed by atoms with Crippen LogP contribution in [0, 0.1) is 0 Å². The van der Waals surface area contributed by atoms with Crippen LogP contribution in [0.15, 0.2) is 6.07 Å². The Morgan fingerprint density at radius 2 is 1.95 bits per heavy atom. The molecule has 1 N–H and O–H groups in total. The highest BCUT2D eigenvalue weighted by atomic mass is 16.5. The van der Waals surface area contributed by atoms with E-state index < -0.39 is 0 Å². The molecule has 0 fully saturated rings. The number of nitrogens with zero attached hydrogens (tertiary/aromatic N) is 3. The van der Waals surface area contributed by atoms with Crippen molar-refractivity contribution in [1.82, 2.24) is 14.9 Å². The van der Waals surface area contributed by atoms with Gasteiger partial charge in [0.15, 0.2) is 0 Å². The molecular formula is C15H28N4O. The quantitative estimate of drug-likeness (QED) is 0.832. The Morgan fingerprint density at radius 1 is 1.25 bits per heavy atom. The first-order valence-corrected chi connectivity index (χ1v) is 7.24. The summed E-state index contributed by atoms with van der Waals surface area (Å²) in [6.45, 7) is 10.8. The Bertz CT molecular complexity index is 413. The van der Waals surface area contributed by atoms with E-state index in [0.717, 1.165) is 31.2 Å². The normalized spacial score (nSPS) is 11.8. The van der Waals surface area contributed by atoms with Gasteiger partial charge < -0.3 is 15.0 Å². The number of rotatable bonds is 7. The molecule has 0 aromatic carbocycles. The third-order valence-electron chi connectivity index (χ3n) is 2.72. The summed E-state index contributed by atoms with van der Waals surface area (Å²) >= 11 is 0. The van der Waals surface area contributed by atoms with E-state index in [1.165, 1.54) is 0 Å². The van der Waals surface area contributed by atoms with Crippen LogP contribution < -0.4 is 10.1 Å². The molecule has 0 saturated heterocycles. The summed E-state index contributed by atoms with van der Waals surface area (Å²) in [6.07, 6.45) is 1.06. The fourth-order valence-electron chi connectivity index (χ4n) is 1.51. The molecule has 0 saturated carbocycles. The second-order valence-electron chi connectivity index (χ2n) is 6.24. The Kier molecular flexibility index (Phi) is 6.20. The van der Waals surface area contributed by atoms with E-state index in [1.807, 2.05) is 20.2 Å².